The Morgan fingerprint density at radius 3 is 2.19 bits per heavy atom. The van der Waals surface area contributed by atoms with Crippen LogP contribution in [0.5, 0.6) is 0 Å². The quantitative estimate of drug-likeness (QED) is 0.619. The molecular formula is C21H28. The maximum absolute atomic E-state index is 2.46. The largest absolute Gasteiger partial charge is 0.0668 e. The van der Waals surface area contributed by atoms with E-state index in [2.05, 4.69) is 56.3 Å². The third kappa shape index (κ3) is 3.15. The van der Waals surface area contributed by atoms with Crippen molar-refractivity contribution in [2.45, 2.75) is 64.2 Å². The summed E-state index contributed by atoms with van der Waals surface area (Å²) in [6.07, 6.45) is 14.6. The molecule has 0 spiro atoms. The van der Waals surface area contributed by atoms with Gasteiger partial charge in [0.2, 0.25) is 0 Å². The predicted octanol–water partition coefficient (Wildman–Crippen LogP) is 6.19. The summed E-state index contributed by atoms with van der Waals surface area (Å²) >= 11 is 0. The van der Waals surface area contributed by atoms with Crippen LogP contribution in [0.3, 0.4) is 0 Å². The Hall–Kier alpha value is -1.30. The highest BCUT2D eigenvalue weighted by molar-refractivity contribution is 5.39. The van der Waals surface area contributed by atoms with Crippen LogP contribution >= 0.6 is 0 Å². The minimum atomic E-state index is 0.163. The summed E-state index contributed by atoms with van der Waals surface area (Å²) < 4.78 is 0. The van der Waals surface area contributed by atoms with Gasteiger partial charge in [0.1, 0.15) is 0 Å². The average Bonchev–Trinajstić information content (AvgIpc) is 2.57. The maximum Gasteiger partial charge on any atom is 0.0108 e. The van der Waals surface area contributed by atoms with E-state index in [-0.39, 0.29) is 5.41 Å². The fourth-order valence-corrected chi connectivity index (χ4v) is 4.03. The van der Waals surface area contributed by atoms with Crippen LogP contribution in [0.25, 0.3) is 0 Å². The Labute approximate surface area is 130 Å². The monoisotopic (exact) mass is 280 g/mol. The van der Waals surface area contributed by atoms with Gasteiger partial charge in [-0.2, -0.15) is 0 Å². The highest BCUT2D eigenvalue weighted by Crippen LogP contribution is 2.40. The summed E-state index contributed by atoms with van der Waals surface area (Å²) in [7, 11) is 0. The van der Waals surface area contributed by atoms with E-state index in [1.165, 1.54) is 50.5 Å². The van der Waals surface area contributed by atoms with Gasteiger partial charge in [-0.25, -0.2) is 0 Å². The van der Waals surface area contributed by atoms with Crippen LogP contribution in [0.2, 0.25) is 0 Å². The van der Waals surface area contributed by atoms with Crippen LogP contribution in [-0.2, 0) is 5.41 Å². The Bertz CT molecular complexity index is 524. The summed E-state index contributed by atoms with van der Waals surface area (Å²) in [5.74, 6) is 0.886. The Kier molecular flexibility index (Phi) is 4.33. The van der Waals surface area contributed by atoms with Gasteiger partial charge >= 0.3 is 0 Å². The van der Waals surface area contributed by atoms with Crippen LogP contribution in [0.1, 0.15) is 64.4 Å². The predicted molar refractivity (Wildman–Crippen MR) is 91.4 cm³/mol. The summed E-state index contributed by atoms with van der Waals surface area (Å²) in [4.78, 5) is 0. The molecule has 2 aliphatic carbocycles. The molecule has 0 bridgehead atoms. The zero-order valence-electron chi connectivity index (χ0n) is 13.6. The van der Waals surface area contributed by atoms with E-state index in [0.717, 1.165) is 5.92 Å². The van der Waals surface area contributed by atoms with Gasteiger partial charge in [-0.1, -0.05) is 86.7 Å². The van der Waals surface area contributed by atoms with E-state index >= 15 is 0 Å². The van der Waals surface area contributed by atoms with Gasteiger partial charge < -0.3 is 0 Å². The van der Waals surface area contributed by atoms with Gasteiger partial charge in [0, 0.05) is 5.41 Å². The maximum atomic E-state index is 2.46. The Morgan fingerprint density at radius 2 is 1.57 bits per heavy atom. The molecule has 1 saturated carbocycles. The summed E-state index contributed by atoms with van der Waals surface area (Å²) in [5.41, 5.74) is 4.91. The van der Waals surface area contributed by atoms with Crippen LogP contribution < -0.4 is 0 Å². The molecule has 0 aromatic heterocycles. The van der Waals surface area contributed by atoms with Gasteiger partial charge in [0.25, 0.3) is 0 Å². The van der Waals surface area contributed by atoms with E-state index in [0.29, 0.717) is 0 Å². The lowest BCUT2D eigenvalue weighted by Gasteiger charge is -2.33. The normalized spacial score (nSPS) is 20.9. The van der Waals surface area contributed by atoms with E-state index < -0.39 is 0 Å². The van der Waals surface area contributed by atoms with Crippen LogP contribution in [-0.4, -0.2) is 0 Å². The molecule has 1 aromatic carbocycles. The van der Waals surface area contributed by atoms with E-state index in [4.69, 9.17) is 0 Å². The molecule has 0 heterocycles. The molecule has 0 heteroatoms. The molecule has 112 valence electrons. The molecule has 0 N–H and O–H groups in total. The highest BCUT2D eigenvalue weighted by atomic mass is 14.3. The third-order valence-corrected chi connectivity index (χ3v) is 5.61. The first-order valence-corrected chi connectivity index (χ1v) is 8.63. The minimum Gasteiger partial charge on any atom is -0.0668 e. The van der Waals surface area contributed by atoms with Crippen molar-refractivity contribution in [3.63, 3.8) is 0 Å². The number of rotatable bonds is 3. The average molecular weight is 280 g/mol. The summed E-state index contributed by atoms with van der Waals surface area (Å²) in [6.45, 7) is 4.74. The zero-order chi connectivity index (χ0) is 14.7. The second-order valence-electron chi connectivity index (χ2n) is 7.26. The first-order chi connectivity index (χ1) is 10.2. The fourth-order valence-electron chi connectivity index (χ4n) is 4.03. The molecule has 0 atom stereocenters. The smallest absolute Gasteiger partial charge is 0.0108 e. The van der Waals surface area contributed by atoms with E-state index in [1.54, 1.807) is 11.1 Å². The van der Waals surface area contributed by atoms with Crippen molar-refractivity contribution in [1.82, 2.24) is 0 Å². The molecule has 2 aliphatic rings. The summed E-state index contributed by atoms with van der Waals surface area (Å²) in [6, 6.07) is 11.0. The molecule has 0 amide bonds. The number of allylic oxidation sites excluding steroid dienone is 4. The third-order valence-electron chi connectivity index (χ3n) is 5.61. The minimum absolute atomic E-state index is 0.163. The van der Waals surface area contributed by atoms with Crippen molar-refractivity contribution in [2.24, 2.45) is 5.92 Å². The molecule has 21 heavy (non-hydrogen) atoms. The Morgan fingerprint density at radius 1 is 0.857 bits per heavy atom. The molecule has 3 rings (SSSR count). The van der Waals surface area contributed by atoms with Crippen LogP contribution in [0.4, 0.5) is 0 Å². The van der Waals surface area contributed by atoms with Gasteiger partial charge in [0.15, 0.2) is 0 Å². The molecule has 0 saturated heterocycles. The van der Waals surface area contributed by atoms with Gasteiger partial charge in [0.05, 0.1) is 0 Å². The van der Waals surface area contributed by atoms with Crippen LogP contribution in [0, 0.1) is 5.92 Å². The molecule has 0 aliphatic heterocycles. The fraction of sp³-hybridized carbons (Fsp3) is 0.524. The van der Waals surface area contributed by atoms with Crippen molar-refractivity contribution in [2.75, 3.05) is 0 Å². The molecule has 0 nitrogen and oxygen atoms in total. The van der Waals surface area contributed by atoms with Crippen molar-refractivity contribution in [1.29, 1.82) is 0 Å². The number of hydrogen-bond donors (Lipinski definition) is 0. The Balaban J connectivity index is 1.78. The van der Waals surface area contributed by atoms with E-state index in [9.17, 15) is 0 Å². The van der Waals surface area contributed by atoms with Crippen molar-refractivity contribution in [3.05, 3.63) is 59.2 Å². The zero-order valence-corrected chi connectivity index (χ0v) is 13.6. The van der Waals surface area contributed by atoms with E-state index in [1.807, 2.05) is 0 Å². The number of hydrogen-bond acceptors (Lipinski definition) is 0. The second-order valence-corrected chi connectivity index (χ2v) is 7.26. The van der Waals surface area contributed by atoms with Gasteiger partial charge in [-0.15, -0.1) is 0 Å². The molecule has 1 aromatic rings. The van der Waals surface area contributed by atoms with Crippen molar-refractivity contribution < 1.29 is 0 Å². The lowest BCUT2D eigenvalue weighted by atomic mass is 9.72. The van der Waals surface area contributed by atoms with Crippen molar-refractivity contribution >= 4 is 0 Å². The molecule has 0 radical (unpaired) electrons. The topological polar surface area (TPSA) is 0 Å². The van der Waals surface area contributed by atoms with Gasteiger partial charge in [-0.3, -0.25) is 0 Å². The SMILES string of the molecule is CC(C)(C1=CC=C(C2CCCCC2)CC1)c1ccccc1. The molecule has 0 unspecified atom stereocenters. The summed E-state index contributed by atoms with van der Waals surface area (Å²) in [5, 5.41) is 0. The second kappa shape index (κ2) is 6.22. The molecule has 1 fully saturated rings. The van der Waals surface area contributed by atoms with Crippen LogP contribution in [0.15, 0.2) is 53.6 Å². The first-order valence-electron chi connectivity index (χ1n) is 8.63. The molecular weight excluding hydrogens is 252 g/mol. The van der Waals surface area contributed by atoms with Gasteiger partial charge in [-0.05, 0) is 37.2 Å². The highest BCUT2D eigenvalue weighted by Gasteiger charge is 2.27. The standard InChI is InChI=1S/C21H28/c1-21(2,19-11-7-4-8-12-19)20-15-13-18(14-16-20)17-9-5-3-6-10-17/h4,7-8,11-13,15,17H,3,5-6,9-10,14,16H2,1-2H3. The van der Waals surface area contributed by atoms with Crippen molar-refractivity contribution in [3.8, 4) is 0 Å². The lowest BCUT2D eigenvalue weighted by Crippen LogP contribution is -2.22. The first kappa shape index (κ1) is 14.6. The number of benzene rings is 1. The lowest BCUT2D eigenvalue weighted by molar-refractivity contribution is 0.392.